The van der Waals surface area contributed by atoms with Crippen molar-refractivity contribution in [1.82, 2.24) is 9.88 Å². The van der Waals surface area contributed by atoms with Gasteiger partial charge in [-0.3, -0.25) is 24.7 Å². The van der Waals surface area contributed by atoms with Crippen LogP contribution < -0.4 is 5.43 Å². The summed E-state index contributed by atoms with van der Waals surface area (Å²) in [5.74, 6) is -1.31. The van der Waals surface area contributed by atoms with E-state index in [2.05, 4.69) is 4.98 Å². The predicted molar refractivity (Wildman–Crippen MR) is 111 cm³/mol. The quantitative estimate of drug-likeness (QED) is 0.357. The van der Waals surface area contributed by atoms with Crippen LogP contribution in [0.15, 0.2) is 76.2 Å². The van der Waals surface area contributed by atoms with Gasteiger partial charge >= 0.3 is 0 Å². The lowest BCUT2D eigenvalue weighted by molar-refractivity contribution is -0.384. The molecule has 0 saturated heterocycles. The standard InChI is InChI=1S/C23H14FN3O5/c24-15-6-7-18-17(10-15)21(28)19-20(14-4-1-5-16(9-14)27(30)31)26(23(29)22(19)32-18)12-13-3-2-8-25-11-13/h1-11,20H,12H2. The van der Waals surface area contributed by atoms with Gasteiger partial charge < -0.3 is 9.32 Å². The first-order valence-electron chi connectivity index (χ1n) is 9.64. The molecule has 8 nitrogen and oxygen atoms in total. The number of rotatable bonds is 4. The van der Waals surface area contributed by atoms with Crippen LogP contribution in [-0.2, 0) is 6.54 Å². The van der Waals surface area contributed by atoms with Gasteiger partial charge in [-0.2, -0.15) is 0 Å². The molecule has 9 heteroatoms. The molecule has 0 N–H and O–H groups in total. The van der Waals surface area contributed by atoms with E-state index in [4.69, 9.17) is 4.42 Å². The molecule has 1 atom stereocenters. The van der Waals surface area contributed by atoms with E-state index in [9.17, 15) is 24.1 Å². The van der Waals surface area contributed by atoms with Crippen LogP contribution in [-0.4, -0.2) is 20.7 Å². The van der Waals surface area contributed by atoms with E-state index in [1.165, 1.54) is 29.2 Å². The highest BCUT2D eigenvalue weighted by Crippen LogP contribution is 2.39. The Morgan fingerprint density at radius 3 is 2.72 bits per heavy atom. The summed E-state index contributed by atoms with van der Waals surface area (Å²) in [5.41, 5.74) is 0.452. The first-order chi connectivity index (χ1) is 15.4. The molecule has 158 valence electrons. The van der Waals surface area contributed by atoms with Gasteiger partial charge in [-0.05, 0) is 35.4 Å². The van der Waals surface area contributed by atoms with Crippen LogP contribution in [0.5, 0.6) is 0 Å². The Kier molecular flexibility index (Phi) is 4.51. The van der Waals surface area contributed by atoms with Gasteiger partial charge in [0.25, 0.3) is 11.6 Å². The van der Waals surface area contributed by atoms with Crippen LogP contribution in [0.1, 0.15) is 33.3 Å². The maximum atomic E-state index is 13.8. The normalized spacial score (nSPS) is 15.2. The van der Waals surface area contributed by atoms with Gasteiger partial charge in [0, 0.05) is 31.1 Å². The summed E-state index contributed by atoms with van der Waals surface area (Å²) in [4.78, 5) is 42.9. The molecular weight excluding hydrogens is 417 g/mol. The summed E-state index contributed by atoms with van der Waals surface area (Å²) in [5, 5.41) is 11.3. The Morgan fingerprint density at radius 1 is 1.12 bits per heavy atom. The van der Waals surface area contributed by atoms with Crippen molar-refractivity contribution in [2.24, 2.45) is 0 Å². The van der Waals surface area contributed by atoms with Crippen molar-refractivity contribution >= 4 is 22.6 Å². The molecule has 1 amide bonds. The summed E-state index contributed by atoms with van der Waals surface area (Å²) in [7, 11) is 0. The van der Waals surface area contributed by atoms with Crippen LogP contribution in [0.25, 0.3) is 11.0 Å². The number of halogens is 1. The van der Waals surface area contributed by atoms with Crippen molar-refractivity contribution in [2.75, 3.05) is 0 Å². The van der Waals surface area contributed by atoms with Gasteiger partial charge in [-0.25, -0.2) is 4.39 Å². The highest BCUT2D eigenvalue weighted by Gasteiger charge is 2.43. The van der Waals surface area contributed by atoms with Crippen molar-refractivity contribution in [2.45, 2.75) is 12.6 Å². The molecule has 2 aromatic carbocycles. The van der Waals surface area contributed by atoms with Gasteiger partial charge in [-0.15, -0.1) is 0 Å². The molecule has 0 saturated carbocycles. The second-order valence-corrected chi connectivity index (χ2v) is 7.36. The number of fused-ring (bicyclic) bond motifs is 2. The fourth-order valence-electron chi connectivity index (χ4n) is 4.00. The van der Waals surface area contributed by atoms with Crippen molar-refractivity contribution < 1.29 is 18.5 Å². The Bertz CT molecular complexity index is 1450. The van der Waals surface area contributed by atoms with E-state index >= 15 is 0 Å². The number of amides is 1. The zero-order valence-electron chi connectivity index (χ0n) is 16.4. The second kappa shape index (κ2) is 7.38. The number of aromatic nitrogens is 1. The minimum atomic E-state index is -0.943. The molecular formula is C23H14FN3O5. The number of nitrogens with zero attached hydrogens (tertiary/aromatic N) is 3. The average Bonchev–Trinajstić information content (AvgIpc) is 3.07. The number of hydrogen-bond acceptors (Lipinski definition) is 6. The lowest BCUT2D eigenvalue weighted by atomic mass is 9.98. The fourth-order valence-corrected chi connectivity index (χ4v) is 4.00. The Labute approximate surface area is 179 Å². The number of carbonyl (C=O) groups is 1. The molecule has 1 aliphatic heterocycles. The van der Waals surface area contributed by atoms with Crippen molar-refractivity contribution in [3.05, 3.63) is 116 Å². The van der Waals surface area contributed by atoms with Gasteiger partial charge in [0.2, 0.25) is 5.76 Å². The molecule has 1 unspecified atom stereocenters. The summed E-state index contributed by atoms with van der Waals surface area (Å²) < 4.78 is 19.6. The van der Waals surface area contributed by atoms with Crippen LogP contribution in [0.2, 0.25) is 0 Å². The molecule has 32 heavy (non-hydrogen) atoms. The number of hydrogen-bond donors (Lipinski definition) is 0. The molecule has 0 bridgehead atoms. The van der Waals surface area contributed by atoms with Gasteiger partial charge in [0.1, 0.15) is 11.4 Å². The van der Waals surface area contributed by atoms with E-state index in [0.717, 1.165) is 12.1 Å². The van der Waals surface area contributed by atoms with E-state index in [1.807, 2.05) is 0 Å². The van der Waals surface area contributed by atoms with Crippen molar-refractivity contribution in [3.63, 3.8) is 0 Å². The number of carbonyl (C=O) groups excluding carboxylic acids is 1. The number of nitro benzene ring substituents is 1. The largest absolute Gasteiger partial charge is 0.450 e. The maximum Gasteiger partial charge on any atom is 0.291 e. The Balaban J connectivity index is 1.75. The Morgan fingerprint density at radius 2 is 1.97 bits per heavy atom. The lowest BCUT2D eigenvalue weighted by Crippen LogP contribution is -2.29. The van der Waals surface area contributed by atoms with Gasteiger partial charge in [-0.1, -0.05) is 18.2 Å². The summed E-state index contributed by atoms with van der Waals surface area (Å²) in [6.07, 6.45) is 3.18. The maximum absolute atomic E-state index is 13.8. The van der Waals surface area contributed by atoms with E-state index in [-0.39, 0.29) is 34.5 Å². The molecule has 2 aromatic heterocycles. The number of nitro groups is 1. The minimum absolute atomic E-state index is 0.00444. The molecule has 1 aliphatic rings. The summed E-state index contributed by atoms with van der Waals surface area (Å²) in [6, 6.07) is 11.8. The molecule has 5 rings (SSSR count). The SMILES string of the molecule is O=C1c2oc3ccc(F)cc3c(=O)c2C(c2cccc([N+](=O)[O-])c2)N1Cc1cccnc1. The predicted octanol–water partition coefficient (Wildman–Crippen LogP) is 3.98. The number of benzene rings is 2. The van der Waals surface area contributed by atoms with Crippen LogP contribution >= 0.6 is 0 Å². The van der Waals surface area contributed by atoms with Crippen molar-refractivity contribution in [1.29, 1.82) is 0 Å². The fraction of sp³-hybridized carbons (Fsp3) is 0.0870. The highest BCUT2D eigenvalue weighted by atomic mass is 19.1. The molecule has 0 aliphatic carbocycles. The van der Waals surface area contributed by atoms with Gasteiger partial charge in [0.05, 0.1) is 21.9 Å². The monoisotopic (exact) mass is 431 g/mol. The smallest absolute Gasteiger partial charge is 0.291 e. The average molecular weight is 431 g/mol. The third-order valence-electron chi connectivity index (χ3n) is 5.40. The van der Waals surface area contributed by atoms with Gasteiger partial charge in [0.15, 0.2) is 5.43 Å². The van der Waals surface area contributed by atoms with E-state index in [1.54, 1.807) is 30.6 Å². The molecule has 3 heterocycles. The van der Waals surface area contributed by atoms with Crippen LogP contribution in [0, 0.1) is 15.9 Å². The highest BCUT2D eigenvalue weighted by molar-refractivity contribution is 5.99. The first-order valence-corrected chi connectivity index (χ1v) is 9.64. The Hall–Kier alpha value is -4.40. The van der Waals surface area contributed by atoms with E-state index in [0.29, 0.717) is 11.1 Å². The minimum Gasteiger partial charge on any atom is -0.450 e. The second-order valence-electron chi connectivity index (χ2n) is 7.36. The zero-order valence-corrected chi connectivity index (χ0v) is 16.4. The third kappa shape index (κ3) is 3.11. The topological polar surface area (TPSA) is 107 Å². The van der Waals surface area contributed by atoms with Crippen LogP contribution in [0.4, 0.5) is 10.1 Å². The first kappa shape index (κ1) is 19.6. The lowest BCUT2D eigenvalue weighted by Gasteiger charge is -2.25. The number of non-ortho nitro benzene ring substituents is 1. The van der Waals surface area contributed by atoms with Crippen LogP contribution in [0.3, 0.4) is 0 Å². The zero-order chi connectivity index (χ0) is 22.4. The molecule has 0 radical (unpaired) electrons. The molecule has 4 aromatic rings. The number of pyridine rings is 1. The summed E-state index contributed by atoms with van der Waals surface area (Å²) >= 11 is 0. The third-order valence-corrected chi connectivity index (χ3v) is 5.40. The summed E-state index contributed by atoms with van der Waals surface area (Å²) in [6.45, 7) is 0.0916. The molecule has 0 spiro atoms. The van der Waals surface area contributed by atoms with E-state index < -0.39 is 28.1 Å². The molecule has 0 fully saturated rings. The van der Waals surface area contributed by atoms with Crippen molar-refractivity contribution in [3.8, 4) is 0 Å².